The first-order valence-electron chi connectivity index (χ1n) is 9.09. The lowest BCUT2D eigenvalue weighted by atomic mass is 10.2. The third kappa shape index (κ3) is 5.31. The largest absolute Gasteiger partial charge is 0.486 e. The fourth-order valence-corrected chi connectivity index (χ4v) is 3.19. The van der Waals surface area contributed by atoms with E-state index in [1.807, 2.05) is 24.3 Å². The van der Waals surface area contributed by atoms with Crippen molar-refractivity contribution >= 4 is 39.4 Å². The molecule has 0 radical (unpaired) electrons. The van der Waals surface area contributed by atoms with Gasteiger partial charge >= 0.3 is 0 Å². The van der Waals surface area contributed by atoms with Gasteiger partial charge in [-0.15, -0.1) is 5.10 Å². The average molecular weight is 506 g/mol. The second-order valence-corrected chi connectivity index (χ2v) is 7.75. The number of benzene rings is 2. The van der Waals surface area contributed by atoms with Crippen LogP contribution in [0, 0.1) is 5.82 Å². The van der Waals surface area contributed by atoms with Crippen molar-refractivity contribution in [3.63, 3.8) is 0 Å². The van der Waals surface area contributed by atoms with E-state index in [1.165, 1.54) is 29.2 Å². The Morgan fingerprint density at radius 3 is 2.77 bits per heavy atom. The van der Waals surface area contributed by atoms with Crippen molar-refractivity contribution in [3.8, 4) is 5.75 Å². The van der Waals surface area contributed by atoms with Crippen LogP contribution in [-0.4, -0.2) is 20.7 Å². The molecule has 0 aliphatic carbocycles. The summed E-state index contributed by atoms with van der Waals surface area (Å²) in [7, 11) is 0. The maximum absolute atomic E-state index is 13.9. The zero-order valence-corrected chi connectivity index (χ0v) is 18.2. The van der Waals surface area contributed by atoms with Crippen molar-refractivity contribution in [2.24, 2.45) is 0 Å². The van der Waals surface area contributed by atoms with Gasteiger partial charge in [-0.2, -0.15) is 0 Å². The maximum atomic E-state index is 13.9. The molecule has 0 atom stereocenters. The number of nitrogens with zero attached hydrogens (tertiary/aromatic N) is 3. The number of nitrogens with one attached hydrogen (secondary N) is 1. The molecule has 2 heterocycles. The number of rotatable bonds is 7. The summed E-state index contributed by atoms with van der Waals surface area (Å²) in [4.78, 5) is 16.4. The van der Waals surface area contributed by atoms with Crippen LogP contribution in [0.5, 0.6) is 5.75 Å². The molecule has 1 amide bonds. The second kappa shape index (κ2) is 9.32. The Bertz CT molecular complexity index is 1190. The normalized spacial score (nSPS) is 10.8. The molecule has 0 aliphatic heterocycles. The first kappa shape index (κ1) is 21.1. The summed E-state index contributed by atoms with van der Waals surface area (Å²) < 4.78 is 27.4. The first-order valence-corrected chi connectivity index (χ1v) is 10.3. The standard InChI is InChI=1S/C21H15BrClFN4O3/c22-13-4-6-14(7-5-13)30-11-15-8-9-19(31-15)20(29)26-21-25-12-28(27-21)10-16-17(23)2-1-3-18(16)24/h1-9,12H,10-11H2,(H,26,27,29). The van der Waals surface area contributed by atoms with Gasteiger partial charge in [-0.1, -0.05) is 33.6 Å². The minimum absolute atomic E-state index is 0.0570. The highest BCUT2D eigenvalue weighted by Gasteiger charge is 2.15. The Balaban J connectivity index is 1.35. The molecular weight excluding hydrogens is 491 g/mol. The number of amides is 1. The number of ether oxygens (including phenoxy) is 1. The van der Waals surface area contributed by atoms with Crippen LogP contribution in [0.25, 0.3) is 0 Å². The fourth-order valence-electron chi connectivity index (χ4n) is 2.70. The van der Waals surface area contributed by atoms with Crippen LogP contribution in [0.3, 0.4) is 0 Å². The molecule has 0 aliphatic rings. The van der Waals surface area contributed by atoms with Gasteiger partial charge in [-0.05, 0) is 48.5 Å². The molecule has 0 saturated heterocycles. The summed E-state index contributed by atoms with van der Waals surface area (Å²) >= 11 is 9.39. The van der Waals surface area contributed by atoms with Gasteiger partial charge in [0.05, 0.1) is 6.54 Å². The molecule has 7 nitrogen and oxygen atoms in total. The number of furan rings is 1. The lowest BCUT2D eigenvalue weighted by Crippen LogP contribution is -2.13. The van der Waals surface area contributed by atoms with Crippen LogP contribution in [0.1, 0.15) is 21.9 Å². The van der Waals surface area contributed by atoms with E-state index in [2.05, 4.69) is 31.3 Å². The topological polar surface area (TPSA) is 82.2 Å². The number of carbonyl (C=O) groups is 1. The summed E-state index contributed by atoms with van der Waals surface area (Å²) in [5.41, 5.74) is 0.286. The summed E-state index contributed by atoms with van der Waals surface area (Å²) in [5, 5.41) is 6.95. The molecule has 0 spiro atoms. The fraction of sp³-hybridized carbons (Fsp3) is 0.0952. The lowest BCUT2D eigenvalue weighted by molar-refractivity contribution is 0.0991. The molecule has 4 rings (SSSR count). The molecule has 0 unspecified atom stereocenters. The third-order valence-corrected chi connectivity index (χ3v) is 5.11. The quantitative estimate of drug-likeness (QED) is 0.368. The molecule has 0 bridgehead atoms. The second-order valence-electron chi connectivity index (χ2n) is 6.43. The van der Waals surface area contributed by atoms with E-state index < -0.39 is 11.7 Å². The molecule has 1 N–H and O–H groups in total. The van der Waals surface area contributed by atoms with Gasteiger partial charge in [0.2, 0.25) is 5.95 Å². The zero-order chi connectivity index (χ0) is 21.8. The van der Waals surface area contributed by atoms with Gasteiger partial charge in [0.15, 0.2) is 5.76 Å². The molecule has 158 valence electrons. The molecule has 2 aromatic heterocycles. The highest BCUT2D eigenvalue weighted by Crippen LogP contribution is 2.20. The SMILES string of the molecule is O=C(Nc1ncn(Cc2c(F)cccc2Cl)n1)c1ccc(COc2ccc(Br)cc2)o1. The summed E-state index contributed by atoms with van der Waals surface area (Å²) in [6, 6.07) is 15.0. The van der Waals surface area contributed by atoms with E-state index in [-0.39, 0.29) is 35.4 Å². The van der Waals surface area contributed by atoms with Crippen molar-refractivity contribution in [3.05, 3.63) is 93.3 Å². The van der Waals surface area contributed by atoms with Gasteiger partial charge in [0.1, 0.15) is 30.3 Å². The highest BCUT2D eigenvalue weighted by atomic mass is 79.9. The van der Waals surface area contributed by atoms with E-state index in [0.717, 1.165) is 4.47 Å². The first-order chi connectivity index (χ1) is 15.0. The zero-order valence-electron chi connectivity index (χ0n) is 15.9. The summed E-state index contributed by atoms with van der Waals surface area (Å²) in [5.74, 6) is 0.346. The third-order valence-electron chi connectivity index (χ3n) is 4.22. The van der Waals surface area contributed by atoms with Gasteiger partial charge in [-0.3, -0.25) is 10.1 Å². The van der Waals surface area contributed by atoms with Crippen LogP contribution in [0.15, 0.2) is 69.8 Å². The molecule has 0 fully saturated rings. The maximum Gasteiger partial charge on any atom is 0.293 e. The predicted molar refractivity (Wildman–Crippen MR) is 116 cm³/mol. The van der Waals surface area contributed by atoms with E-state index >= 15 is 0 Å². The minimum Gasteiger partial charge on any atom is -0.486 e. The van der Waals surface area contributed by atoms with Crippen molar-refractivity contribution in [2.75, 3.05) is 5.32 Å². The number of hydrogen-bond acceptors (Lipinski definition) is 5. The van der Waals surface area contributed by atoms with Crippen molar-refractivity contribution in [1.82, 2.24) is 14.8 Å². The van der Waals surface area contributed by atoms with Crippen LogP contribution in [0.2, 0.25) is 5.02 Å². The molecule has 10 heteroatoms. The smallest absolute Gasteiger partial charge is 0.293 e. The molecule has 2 aromatic carbocycles. The number of aromatic nitrogens is 3. The Hall–Kier alpha value is -3.17. The molecular formula is C21H15BrClFN4O3. The number of anilines is 1. The van der Waals surface area contributed by atoms with Gasteiger partial charge < -0.3 is 9.15 Å². The summed E-state index contributed by atoms with van der Waals surface area (Å²) in [6.07, 6.45) is 1.37. The van der Waals surface area contributed by atoms with E-state index in [0.29, 0.717) is 11.5 Å². The highest BCUT2D eigenvalue weighted by molar-refractivity contribution is 9.10. The Labute approximate surface area is 189 Å². The average Bonchev–Trinajstić information content (AvgIpc) is 3.40. The Kier molecular flexibility index (Phi) is 6.34. The Morgan fingerprint density at radius 2 is 2.00 bits per heavy atom. The molecule has 31 heavy (non-hydrogen) atoms. The number of hydrogen-bond donors (Lipinski definition) is 1. The van der Waals surface area contributed by atoms with E-state index in [1.54, 1.807) is 12.1 Å². The summed E-state index contributed by atoms with van der Waals surface area (Å²) in [6.45, 7) is 0.248. The molecule has 4 aromatic rings. The van der Waals surface area contributed by atoms with Crippen LogP contribution in [-0.2, 0) is 13.2 Å². The predicted octanol–water partition coefficient (Wildman–Crippen LogP) is 5.31. The minimum atomic E-state index is -0.517. The lowest BCUT2D eigenvalue weighted by Gasteiger charge is -2.05. The molecule has 0 saturated carbocycles. The van der Waals surface area contributed by atoms with Crippen LogP contribution < -0.4 is 10.1 Å². The monoisotopic (exact) mass is 504 g/mol. The number of carbonyl (C=O) groups excluding carboxylic acids is 1. The van der Waals surface area contributed by atoms with Gasteiger partial charge in [-0.25, -0.2) is 14.1 Å². The van der Waals surface area contributed by atoms with Gasteiger partial charge in [0, 0.05) is 15.1 Å². The van der Waals surface area contributed by atoms with Crippen molar-refractivity contribution < 1.29 is 18.3 Å². The van der Waals surface area contributed by atoms with Crippen molar-refractivity contribution in [2.45, 2.75) is 13.2 Å². The van der Waals surface area contributed by atoms with E-state index in [4.69, 9.17) is 20.8 Å². The van der Waals surface area contributed by atoms with E-state index in [9.17, 15) is 9.18 Å². The van der Waals surface area contributed by atoms with Crippen LogP contribution >= 0.6 is 27.5 Å². The van der Waals surface area contributed by atoms with Crippen molar-refractivity contribution in [1.29, 1.82) is 0 Å². The number of halogens is 3. The Morgan fingerprint density at radius 1 is 1.19 bits per heavy atom. The van der Waals surface area contributed by atoms with Gasteiger partial charge in [0.25, 0.3) is 5.91 Å². The van der Waals surface area contributed by atoms with Crippen LogP contribution in [0.4, 0.5) is 10.3 Å².